The molecule has 0 saturated carbocycles. The molecule has 0 aromatic heterocycles. The van der Waals surface area contributed by atoms with Crippen LogP contribution in [-0.2, 0) is 14.3 Å². The number of hydrogen-bond donors (Lipinski definition) is 0. The Labute approximate surface area is 174 Å². The Morgan fingerprint density at radius 3 is 2.57 bits per heavy atom. The Morgan fingerprint density at radius 2 is 1.87 bits per heavy atom. The molecule has 7 nitrogen and oxygen atoms in total. The van der Waals surface area contributed by atoms with E-state index < -0.39 is 11.9 Å². The summed E-state index contributed by atoms with van der Waals surface area (Å²) in [5, 5.41) is 5.76. The summed E-state index contributed by atoms with van der Waals surface area (Å²) < 4.78 is 24.7. The van der Waals surface area contributed by atoms with E-state index in [4.69, 9.17) is 9.47 Å². The molecule has 30 heavy (non-hydrogen) atoms. The van der Waals surface area contributed by atoms with Crippen molar-refractivity contribution in [2.75, 3.05) is 34.4 Å². The highest BCUT2D eigenvalue weighted by Gasteiger charge is 2.36. The fraction of sp³-hybridized carbons (Fsp3) is 0.318. The second kappa shape index (κ2) is 9.49. The zero-order chi connectivity index (χ0) is 21.7. The molecule has 0 unspecified atom stereocenters. The van der Waals surface area contributed by atoms with Gasteiger partial charge in [0, 0.05) is 31.7 Å². The first-order valence-corrected chi connectivity index (χ1v) is 9.46. The number of rotatable bonds is 7. The minimum absolute atomic E-state index is 0.122. The Hall–Kier alpha value is -3.26. The minimum Gasteiger partial charge on any atom is -0.496 e. The van der Waals surface area contributed by atoms with Gasteiger partial charge in [-0.2, -0.15) is 5.10 Å². The van der Waals surface area contributed by atoms with Crippen LogP contribution in [0.2, 0.25) is 0 Å². The van der Waals surface area contributed by atoms with Crippen LogP contribution in [-0.4, -0.2) is 61.9 Å². The molecule has 0 bridgehead atoms. The van der Waals surface area contributed by atoms with Gasteiger partial charge in [0.25, 0.3) is 5.91 Å². The smallest absolute Gasteiger partial charge is 0.262 e. The number of likely N-dealkylation sites (N-methyl/N-ethyl adjacent to an activating group) is 1. The van der Waals surface area contributed by atoms with E-state index in [1.165, 1.54) is 30.1 Å². The fourth-order valence-electron chi connectivity index (χ4n) is 3.38. The Bertz CT molecular complexity index is 963. The van der Waals surface area contributed by atoms with Crippen molar-refractivity contribution in [1.29, 1.82) is 0 Å². The van der Waals surface area contributed by atoms with Crippen LogP contribution in [0.3, 0.4) is 0 Å². The van der Waals surface area contributed by atoms with Gasteiger partial charge in [-0.05, 0) is 12.1 Å². The van der Waals surface area contributed by atoms with E-state index >= 15 is 0 Å². The topological polar surface area (TPSA) is 71.4 Å². The number of para-hydroxylation sites is 1. The first-order chi connectivity index (χ1) is 14.5. The highest BCUT2D eigenvalue weighted by atomic mass is 19.1. The summed E-state index contributed by atoms with van der Waals surface area (Å²) in [7, 11) is 4.49. The maximum atomic E-state index is 14.4. The van der Waals surface area contributed by atoms with Crippen LogP contribution < -0.4 is 4.74 Å². The number of hydrogen-bond acceptors (Lipinski definition) is 5. The molecule has 1 aliphatic heterocycles. The second-order valence-corrected chi connectivity index (χ2v) is 6.91. The Kier molecular flexibility index (Phi) is 6.79. The lowest BCUT2D eigenvalue weighted by Gasteiger charge is -2.25. The van der Waals surface area contributed by atoms with Crippen molar-refractivity contribution < 1.29 is 23.5 Å². The number of amides is 2. The first-order valence-electron chi connectivity index (χ1n) is 9.46. The molecule has 2 aromatic carbocycles. The van der Waals surface area contributed by atoms with Gasteiger partial charge in [-0.25, -0.2) is 9.40 Å². The molecule has 0 saturated heterocycles. The molecule has 2 amide bonds. The summed E-state index contributed by atoms with van der Waals surface area (Å²) in [4.78, 5) is 26.3. The van der Waals surface area contributed by atoms with Gasteiger partial charge in [0.2, 0.25) is 5.91 Å². The van der Waals surface area contributed by atoms with Gasteiger partial charge in [-0.1, -0.05) is 36.4 Å². The number of ether oxygens (including phenoxy) is 2. The highest BCUT2D eigenvalue weighted by molar-refractivity contribution is 6.03. The van der Waals surface area contributed by atoms with Gasteiger partial charge in [-0.15, -0.1) is 0 Å². The van der Waals surface area contributed by atoms with Crippen molar-refractivity contribution in [3.8, 4) is 5.75 Å². The van der Waals surface area contributed by atoms with Crippen LogP contribution in [0.5, 0.6) is 5.75 Å². The van der Waals surface area contributed by atoms with Crippen molar-refractivity contribution in [1.82, 2.24) is 9.91 Å². The van der Waals surface area contributed by atoms with Gasteiger partial charge < -0.3 is 14.4 Å². The zero-order valence-electron chi connectivity index (χ0n) is 17.2. The highest BCUT2D eigenvalue weighted by Crippen LogP contribution is 2.37. The molecule has 158 valence electrons. The van der Waals surface area contributed by atoms with Gasteiger partial charge in [0.05, 0.1) is 18.9 Å². The molecule has 1 atom stereocenters. The summed E-state index contributed by atoms with van der Waals surface area (Å²) in [6.07, 6.45) is 0.322. The Balaban J connectivity index is 1.94. The summed E-state index contributed by atoms with van der Waals surface area (Å²) in [6, 6.07) is 13.2. The second-order valence-electron chi connectivity index (χ2n) is 6.91. The minimum atomic E-state index is -0.478. The summed E-state index contributed by atoms with van der Waals surface area (Å²) in [5.41, 5.74) is 1.56. The van der Waals surface area contributed by atoms with E-state index in [2.05, 4.69) is 5.10 Å². The molecule has 8 heteroatoms. The van der Waals surface area contributed by atoms with Crippen molar-refractivity contribution in [3.05, 3.63) is 65.5 Å². The third-order valence-corrected chi connectivity index (χ3v) is 4.91. The molecule has 2 aromatic rings. The summed E-state index contributed by atoms with van der Waals surface area (Å²) in [6.45, 7) is -0.300. The Morgan fingerprint density at radius 1 is 1.17 bits per heavy atom. The molecule has 1 aliphatic rings. The van der Waals surface area contributed by atoms with Crippen LogP contribution >= 0.6 is 0 Å². The lowest BCUT2D eigenvalue weighted by molar-refractivity contribution is -0.142. The molecule has 0 aliphatic carbocycles. The largest absolute Gasteiger partial charge is 0.496 e. The van der Waals surface area contributed by atoms with Crippen molar-refractivity contribution >= 4 is 17.5 Å². The van der Waals surface area contributed by atoms with E-state index in [1.54, 1.807) is 31.4 Å². The predicted octanol–water partition coefficient (Wildman–Crippen LogP) is 2.62. The molecule has 3 rings (SSSR count). The van der Waals surface area contributed by atoms with E-state index in [0.717, 1.165) is 5.56 Å². The van der Waals surface area contributed by atoms with Gasteiger partial charge in [0.15, 0.2) is 0 Å². The monoisotopic (exact) mass is 413 g/mol. The van der Waals surface area contributed by atoms with Gasteiger partial charge in [0.1, 0.15) is 24.7 Å². The van der Waals surface area contributed by atoms with Gasteiger partial charge in [-0.3, -0.25) is 9.59 Å². The number of carbonyl (C=O) groups excluding carboxylic acids is 2. The maximum absolute atomic E-state index is 14.4. The molecule has 0 spiro atoms. The van der Waals surface area contributed by atoms with Crippen LogP contribution in [0.25, 0.3) is 0 Å². The third-order valence-electron chi connectivity index (χ3n) is 4.91. The average Bonchev–Trinajstić information content (AvgIpc) is 3.19. The average molecular weight is 413 g/mol. The third kappa shape index (κ3) is 4.49. The zero-order valence-corrected chi connectivity index (χ0v) is 17.2. The van der Waals surface area contributed by atoms with Crippen LogP contribution in [0.4, 0.5) is 4.39 Å². The van der Waals surface area contributed by atoms with E-state index in [-0.39, 0.29) is 25.0 Å². The quantitative estimate of drug-likeness (QED) is 0.700. The maximum Gasteiger partial charge on any atom is 0.262 e. The molecule has 0 radical (unpaired) electrons. The fourth-order valence-corrected chi connectivity index (χ4v) is 3.38. The SMILES string of the molecule is COCC(=O)N(C)CC(=O)N1N=C(c2ccccc2F)C[C@H]1c1ccccc1OC. The molecule has 0 fully saturated rings. The molecular formula is C22H24FN3O4. The standard InChI is InChI=1S/C22H24FN3O4/c1-25(22(28)14-29-2)13-21(27)26-19(16-9-5-7-11-20(16)30-3)12-18(24-26)15-8-4-6-10-17(15)23/h4-11,19H,12-14H2,1-3H3/t19-/m0/s1. The normalized spacial score (nSPS) is 15.7. The van der Waals surface area contributed by atoms with E-state index in [9.17, 15) is 14.0 Å². The van der Waals surface area contributed by atoms with Crippen molar-refractivity contribution in [2.24, 2.45) is 5.10 Å². The van der Waals surface area contributed by atoms with Crippen LogP contribution in [0.1, 0.15) is 23.6 Å². The number of benzene rings is 2. The lowest BCUT2D eigenvalue weighted by Crippen LogP contribution is -2.40. The van der Waals surface area contributed by atoms with Crippen LogP contribution in [0.15, 0.2) is 53.6 Å². The molecular weight excluding hydrogens is 389 g/mol. The number of hydrazone groups is 1. The van der Waals surface area contributed by atoms with Gasteiger partial charge >= 0.3 is 0 Å². The summed E-state index contributed by atoms with van der Waals surface area (Å²) in [5.74, 6) is -0.507. The van der Waals surface area contributed by atoms with E-state index in [0.29, 0.717) is 23.4 Å². The number of halogens is 1. The summed E-state index contributed by atoms with van der Waals surface area (Å²) >= 11 is 0. The van der Waals surface area contributed by atoms with Crippen LogP contribution in [0, 0.1) is 5.82 Å². The number of carbonyl (C=O) groups is 2. The van der Waals surface area contributed by atoms with Crippen molar-refractivity contribution in [3.63, 3.8) is 0 Å². The first kappa shape index (κ1) is 21.4. The predicted molar refractivity (Wildman–Crippen MR) is 110 cm³/mol. The van der Waals surface area contributed by atoms with Crippen molar-refractivity contribution in [2.45, 2.75) is 12.5 Å². The number of methoxy groups -OCH3 is 2. The lowest BCUT2D eigenvalue weighted by atomic mass is 9.97. The van der Waals surface area contributed by atoms with E-state index in [1.807, 2.05) is 18.2 Å². The number of nitrogens with zero attached hydrogens (tertiary/aromatic N) is 3. The molecule has 1 heterocycles. The molecule has 0 N–H and O–H groups in total.